The summed E-state index contributed by atoms with van der Waals surface area (Å²) in [6.45, 7) is 5.60. The molecule has 1 heterocycles. The van der Waals surface area contributed by atoms with Crippen LogP contribution in [-0.4, -0.2) is 18.6 Å². The number of sulfone groups is 1. The van der Waals surface area contributed by atoms with Gasteiger partial charge >= 0.3 is 0 Å². The first-order chi connectivity index (χ1) is 10.3. The standard InChI is InChI=1S/C15H19FN2O3S/c1-10(2)8-14-17-15(21-18-14)9-22(19,20)11(3)12-4-6-13(16)7-5-12/h4-7,10-11H,8-9H2,1-3H3. The van der Waals surface area contributed by atoms with Crippen molar-refractivity contribution in [2.45, 2.75) is 38.2 Å². The Morgan fingerprint density at radius 2 is 1.82 bits per heavy atom. The molecule has 2 aromatic rings. The molecule has 0 saturated carbocycles. The van der Waals surface area contributed by atoms with E-state index in [0.717, 1.165) is 0 Å². The summed E-state index contributed by atoms with van der Waals surface area (Å²) in [5.41, 5.74) is 0.531. The number of hydrogen-bond acceptors (Lipinski definition) is 5. The Bertz CT molecular complexity index is 724. The number of hydrogen-bond donors (Lipinski definition) is 0. The number of rotatable bonds is 6. The molecule has 22 heavy (non-hydrogen) atoms. The van der Waals surface area contributed by atoms with Gasteiger partial charge in [-0.1, -0.05) is 31.1 Å². The maximum atomic E-state index is 12.9. The van der Waals surface area contributed by atoms with Crippen LogP contribution in [0.5, 0.6) is 0 Å². The topological polar surface area (TPSA) is 73.1 Å². The van der Waals surface area contributed by atoms with Gasteiger partial charge in [0.25, 0.3) is 0 Å². The van der Waals surface area contributed by atoms with Crippen molar-refractivity contribution in [1.82, 2.24) is 10.1 Å². The second-order valence-corrected chi connectivity index (χ2v) is 8.02. The highest BCUT2D eigenvalue weighted by Crippen LogP contribution is 2.25. The van der Waals surface area contributed by atoms with Crippen LogP contribution in [0.25, 0.3) is 0 Å². The van der Waals surface area contributed by atoms with Crippen molar-refractivity contribution in [1.29, 1.82) is 0 Å². The number of aromatic nitrogens is 2. The van der Waals surface area contributed by atoms with Crippen molar-refractivity contribution in [3.63, 3.8) is 0 Å². The van der Waals surface area contributed by atoms with Gasteiger partial charge in [-0.3, -0.25) is 0 Å². The number of halogens is 1. The Balaban J connectivity index is 2.13. The molecule has 0 fully saturated rings. The molecule has 1 atom stereocenters. The zero-order chi connectivity index (χ0) is 16.3. The molecule has 2 rings (SSSR count). The molecular formula is C15H19FN2O3S. The highest BCUT2D eigenvalue weighted by molar-refractivity contribution is 7.90. The van der Waals surface area contributed by atoms with Gasteiger partial charge < -0.3 is 4.52 Å². The highest BCUT2D eigenvalue weighted by atomic mass is 32.2. The van der Waals surface area contributed by atoms with Crippen molar-refractivity contribution in [3.05, 3.63) is 47.4 Å². The maximum absolute atomic E-state index is 12.9. The molecule has 7 heteroatoms. The lowest BCUT2D eigenvalue weighted by Gasteiger charge is -2.11. The van der Waals surface area contributed by atoms with E-state index in [9.17, 15) is 12.8 Å². The van der Waals surface area contributed by atoms with E-state index in [1.807, 2.05) is 13.8 Å². The Hall–Kier alpha value is -1.76. The fraction of sp³-hybridized carbons (Fsp3) is 0.467. The predicted octanol–water partition coefficient (Wildman–Crippen LogP) is 3.08. The summed E-state index contributed by atoms with van der Waals surface area (Å²) in [6, 6.07) is 5.43. The summed E-state index contributed by atoms with van der Waals surface area (Å²) >= 11 is 0. The molecular weight excluding hydrogens is 307 g/mol. The molecule has 0 amide bonds. The van der Waals surface area contributed by atoms with Crippen LogP contribution in [0.2, 0.25) is 0 Å². The summed E-state index contributed by atoms with van der Waals surface area (Å²) in [6.07, 6.45) is 0.636. The van der Waals surface area contributed by atoms with Crippen LogP contribution in [0.3, 0.4) is 0 Å². The highest BCUT2D eigenvalue weighted by Gasteiger charge is 2.26. The van der Waals surface area contributed by atoms with Crippen LogP contribution < -0.4 is 0 Å². The van der Waals surface area contributed by atoms with Crippen molar-refractivity contribution in [3.8, 4) is 0 Å². The lowest BCUT2D eigenvalue weighted by atomic mass is 10.1. The van der Waals surface area contributed by atoms with Crippen molar-refractivity contribution < 1.29 is 17.3 Å². The summed E-state index contributed by atoms with van der Waals surface area (Å²) in [5, 5.41) is 3.01. The molecule has 0 aliphatic heterocycles. The van der Waals surface area contributed by atoms with Crippen LogP contribution in [-0.2, 0) is 22.0 Å². The summed E-state index contributed by atoms with van der Waals surface area (Å²) in [5.74, 6) is 0.236. The first-order valence-corrected chi connectivity index (χ1v) is 8.78. The van der Waals surface area contributed by atoms with Gasteiger partial charge in [0.1, 0.15) is 11.6 Å². The van der Waals surface area contributed by atoms with Gasteiger partial charge in [-0.25, -0.2) is 12.8 Å². The van der Waals surface area contributed by atoms with Crippen LogP contribution in [0.15, 0.2) is 28.8 Å². The molecule has 5 nitrogen and oxygen atoms in total. The second-order valence-electron chi connectivity index (χ2n) is 5.70. The van der Waals surface area contributed by atoms with Gasteiger partial charge in [-0.05, 0) is 30.5 Å². The lowest BCUT2D eigenvalue weighted by Crippen LogP contribution is -2.13. The quantitative estimate of drug-likeness (QED) is 0.815. The molecule has 0 N–H and O–H groups in total. The molecule has 1 aromatic carbocycles. The third kappa shape index (κ3) is 4.13. The number of nitrogens with zero attached hydrogens (tertiary/aromatic N) is 2. The summed E-state index contributed by atoms with van der Waals surface area (Å²) in [7, 11) is -3.51. The van der Waals surface area contributed by atoms with E-state index < -0.39 is 20.9 Å². The maximum Gasteiger partial charge on any atom is 0.241 e. The van der Waals surface area contributed by atoms with E-state index in [4.69, 9.17) is 4.52 Å². The Kier molecular flexibility index (Phi) is 4.95. The molecule has 0 radical (unpaired) electrons. The molecule has 120 valence electrons. The zero-order valence-electron chi connectivity index (χ0n) is 12.8. The molecule has 0 spiro atoms. The first kappa shape index (κ1) is 16.6. The van der Waals surface area contributed by atoms with E-state index >= 15 is 0 Å². The van der Waals surface area contributed by atoms with Gasteiger partial charge in [0.05, 0.1) is 5.25 Å². The van der Waals surface area contributed by atoms with Gasteiger partial charge in [-0.15, -0.1) is 0 Å². The predicted molar refractivity (Wildman–Crippen MR) is 80.3 cm³/mol. The second kappa shape index (κ2) is 6.56. The fourth-order valence-corrected chi connectivity index (χ4v) is 3.32. The van der Waals surface area contributed by atoms with Gasteiger partial charge in [0, 0.05) is 6.42 Å². The molecule has 1 aromatic heterocycles. The largest absolute Gasteiger partial charge is 0.338 e. The van der Waals surface area contributed by atoms with E-state index in [1.54, 1.807) is 6.92 Å². The van der Waals surface area contributed by atoms with Crippen molar-refractivity contribution in [2.24, 2.45) is 5.92 Å². The van der Waals surface area contributed by atoms with Crippen molar-refractivity contribution >= 4 is 9.84 Å². The number of benzene rings is 1. The Labute approximate surface area is 129 Å². The minimum atomic E-state index is -3.51. The van der Waals surface area contributed by atoms with Crippen molar-refractivity contribution in [2.75, 3.05) is 0 Å². The molecule has 0 aliphatic rings. The molecule has 1 unspecified atom stereocenters. The Morgan fingerprint density at radius 3 is 2.41 bits per heavy atom. The SMILES string of the molecule is CC(C)Cc1noc(CS(=O)(=O)C(C)c2ccc(F)cc2)n1. The van der Waals surface area contributed by atoms with Gasteiger partial charge in [0.15, 0.2) is 15.7 Å². The molecule has 0 aliphatic carbocycles. The third-order valence-electron chi connectivity index (χ3n) is 3.30. The third-order valence-corrected chi connectivity index (χ3v) is 5.30. The molecule has 0 bridgehead atoms. The van der Waals surface area contributed by atoms with E-state index in [1.165, 1.54) is 24.3 Å². The normalized spacial score (nSPS) is 13.5. The van der Waals surface area contributed by atoms with Crippen LogP contribution >= 0.6 is 0 Å². The first-order valence-electron chi connectivity index (χ1n) is 7.06. The van der Waals surface area contributed by atoms with Gasteiger partial charge in [-0.2, -0.15) is 4.98 Å². The Morgan fingerprint density at radius 1 is 1.18 bits per heavy atom. The minimum absolute atomic E-state index is 0.0876. The smallest absolute Gasteiger partial charge is 0.241 e. The fourth-order valence-electron chi connectivity index (χ4n) is 2.04. The van der Waals surface area contributed by atoms with Crippen LogP contribution in [0.1, 0.15) is 43.3 Å². The molecule has 0 saturated heterocycles. The van der Waals surface area contributed by atoms with Gasteiger partial charge in [0.2, 0.25) is 5.89 Å². The van der Waals surface area contributed by atoms with Crippen LogP contribution in [0.4, 0.5) is 4.39 Å². The van der Waals surface area contributed by atoms with E-state index in [0.29, 0.717) is 23.7 Å². The monoisotopic (exact) mass is 326 g/mol. The summed E-state index contributed by atoms with van der Waals surface area (Å²) in [4.78, 5) is 4.11. The minimum Gasteiger partial charge on any atom is -0.338 e. The van der Waals surface area contributed by atoms with Crippen LogP contribution in [0, 0.1) is 11.7 Å². The van der Waals surface area contributed by atoms with E-state index in [2.05, 4.69) is 10.1 Å². The zero-order valence-corrected chi connectivity index (χ0v) is 13.6. The average Bonchev–Trinajstić information content (AvgIpc) is 2.84. The summed E-state index contributed by atoms with van der Waals surface area (Å²) < 4.78 is 42.7. The van der Waals surface area contributed by atoms with E-state index in [-0.39, 0.29) is 11.6 Å². The average molecular weight is 326 g/mol. The lowest BCUT2D eigenvalue weighted by molar-refractivity contribution is 0.380.